The van der Waals surface area contributed by atoms with Crippen LogP contribution in [-0.2, 0) is 17.6 Å². The first kappa shape index (κ1) is 15.0. The molecule has 1 aliphatic rings. The first-order valence-electron chi connectivity index (χ1n) is 7.48. The summed E-state index contributed by atoms with van der Waals surface area (Å²) in [4.78, 5) is 16.1. The first-order chi connectivity index (χ1) is 9.69. The summed E-state index contributed by atoms with van der Waals surface area (Å²) in [6, 6.07) is -0.102. The second-order valence-corrected chi connectivity index (χ2v) is 5.38. The van der Waals surface area contributed by atoms with Gasteiger partial charge >= 0.3 is 0 Å². The van der Waals surface area contributed by atoms with Gasteiger partial charge in [-0.15, -0.1) is 0 Å². The smallest absolute Gasteiger partial charge is 0.227 e. The predicted molar refractivity (Wildman–Crippen MR) is 73.0 cm³/mol. The van der Waals surface area contributed by atoms with Crippen molar-refractivity contribution in [3.8, 4) is 0 Å². The van der Waals surface area contributed by atoms with Crippen LogP contribution >= 0.6 is 0 Å². The molecular formula is C14H23N3O3. The molecular weight excluding hydrogens is 258 g/mol. The molecule has 0 spiro atoms. The highest BCUT2D eigenvalue weighted by molar-refractivity contribution is 5.76. The largest absolute Gasteiger partial charge is 0.391 e. The molecule has 1 saturated carbocycles. The van der Waals surface area contributed by atoms with Gasteiger partial charge in [0.15, 0.2) is 5.82 Å². The van der Waals surface area contributed by atoms with Crippen LogP contribution in [0.2, 0.25) is 0 Å². The predicted octanol–water partition coefficient (Wildman–Crippen LogP) is 1.37. The number of carbonyl (C=O) groups is 1. The van der Waals surface area contributed by atoms with Crippen molar-refractivity contribution in [1.82, 2.24) is 15.5 Å². The van der Waals surface area contributed by atoms with E-state index in [0.717, 1.165) is 38.5 Å². The van der Waals surface area contributed by atoms with E-state index < -0.39 is 6.10 Å². The van der Waals surface area contributed by atoms with Crippen molar-refractivity contribution in [2.24, 2.45) is 0 Å². The fourth-order valence-electron chi connectivity index (χ4n) is 2.50. The van der Waals surface area contributed by atoms with E-state index in [0.29, 0.717) is 24.6 Å². The highest BCUT2D eigenvalue weighted by Crippen LogP contribution is 2.18. The Bertz CT molecular complexity index is 433. The molecule has 1 aliphatic carbocycles. The van der Waals surface area contributed by atoms with Gasteiger partial charge in [0.05, 0.1) is 12.1 Å². The number of aryl methyl sites for hydroxylation is 2. The molecule has 1 heterocycles. The molecule has 6 heteroatoms. The molecule has 20 heavy (non-hydrogen) atoms. The van der Waals surface area contributed by atoms with E-state index in [2.05, 4.69) is 22.4 Å². The van der Waals surface area contributed by atoms with E-state index in [-0.39, 0.29) is 11.9 Å². The number of nitrogens with one attached hydrogen (secondary N) is 1. The van der Waals surface area contributed by atoms with E-state index in [4.69, 9.17) is 4.52 Å². The molecule has 2 atom stereocenters. The van der Waals surface area contributed by atoms with Crippen molar-refractivity contribution in [2.75, 3.05) is 0 Å². The lowest BCUT2D eigenvalue weighted by atomic mass is 9.92. The number of aliphatic hydroxyl groups excluding tert-OH is 1. The summed E-state index contributed by atoms with van der Waals surface area (Å²) in [5.74, 6) is 1.14. The number of aromatic nitrogens is 2. The summed E-state index contributed by atoms with van der Waals surface area (Å²) in [5.41, 5.74) is 0. The third-order valence-corrected chi connectivity index (χ3v) is 3.63. The van der Waals surface area contributed by atoms with Crippen LogP contribution in [-0.4, -0.2) is 33.3 Å². The molecule has 0 aromatic carbocycles. The van der Waals surface area contributed by atoms with Crippen LogP contribution in [0.1, 0.15) is 57.2 Å². The zero-order chi connectivity index (χ0) is 14.4. The maximum absolute atomic E-state index is 11.9. The van der Waals surface area contributed by atoms with Crippen molar-refractivity contribution in [2.45, 2.75) is 70.4 Å². The molecule has 2 rings (SSSR count). The first-order valence-corrected chi connectivity index (χ1v) is 7.48. The van der Waals surface area contributed by atoms with Gasteiger partial charge in [0.2, 0.25) is 11.8 Å². The van der Waals surface area contributed by atoms with Crippen molar-refractivity contribution in [3.63, 3.8) is 0 Å². The highest BCUT2D eigenvalue weighted by Gasteiger charge is 2.24. The van der Waals surface area contributed by atoms with Gasteiger partial charge in [-0.3, -0.25) is 4.79 Å². The molecule has 2 N–H and O–H groups in total. The molecule has 0 saturated heterocycles. The average molecular weight is 281 g/mol. The van der Waals surface area contributed by atoms with E-state index in [1.807, 2.05) is 0 Å². The Kier molecular flexibility index (Phi) is 5.52. The number of rotatable bonds is 6. The zero-order valence-electron chi connectivity index (χ0n) is 12.0. The van der Waals surface area contributed by atoms with Crippen LogP contribution in [0.15, 0.2) is 4.52 Å². The van der Waals surface area contributed by atoms with Gasteiger partial charge in [0, 0.05) is 19.3 Å². The van der Waals surface area contributed by atoms with Crippen LogP contribution in [0.5, 0.6) is 0 Å². The normalized spacial score (nSPS) is 22.7. The van der Waals surface area contributed by atoms with Gasteiger partial charge in [-0.2, -0.15) is 4.98 Å². The molecule has 112 valence electrons. The topological polar surface area (TPSA) is 88.2 Å². The zero-order valence-corrected chi connectivity index (χ0v) is 12.0. The van der Waals surface area contributed by atoms with Gasteiger partial charge in [0.1, 0.15) is 0 Å². The molecule has 0 bridgehead atoms. The molecule has 1 aromatic rings. The average Bonchev–Trinajstić information content (AvgIpc) is 2.87. The van der Waals surface area contributed by atoms with E-state index >= 15 is 0 Å². The number of aliphatic hydroxyl groups is 1. The van der Waals surface area contributed by atoms with Crippen molar-refractivity contribution < 1.29 is 14.4 Å². The number of carbonyl (C=O) groups excluding carboxylic acids is 1. The summed E-state index contributed by atoms with van der Waals surface area (Å²) in [6.45, 7) is 2.05. The maximum atomic E-state index is 11.9. The molecule has 0 unspecified atom stereocenters. The lowest BCUT2D eigenvalue weighted by molar-refractivity contribution is -0.123. The Labute approximate surface area is 118 Å². The van der Waals surface area contributed by atoms with E-state index in [1.54, 1.807) is 0 Å². The quantitative estimate of drug-likeness (QED) is 0.822. The molecule has 1 aromatic heterocycles. The Balaban J connectivity index is 1.73. The molecule has 0 aliphatic heterocycles. The van der Waals surface area contributed by atoms with E-state index in [9.17, 15) is 9.90 Å². The Morgan fingerprint density at radius 2 is 2.20 bits per heavy atom. The standard InChI is InChI=1S/C14H23N3O3/c1-2-5-12-16-14(20-17-12)9-8-13(19)15-10-6-3-4-7-11(10)18/h10-11,18H,2-9H2,1H3,(H,15,19)/t10-,11-/m1/s1. The van der Waals surface area contributed by atoms with Gasteiger partial charge in [-0.25, -0.2) is 0 Å². The van der Waals surface area contributed by atoms with Crippen molar-refractivity contribution in [1.29, 1.82) is 0 Å². The summed E-state index contributed by atoms with van der Waals surface area (Å²) < 4.78 is 5.09. The summed E-state index contributed by atoms with van der Waals surface area (Å²) in [7, 11) is 0. The second kappa shape index (κ2) is 7.38. The molecule has 6 nitrogen and oxygen atoms in total. The minimum Gasteiger partial charge on any atom is -0.391 e. The van der Waals surface area contributed by atoms with Crippen LogP contribution in [0, 0.1) is 0 Å². The molecule has 1 fully saturated rings. The van der Waals surface area contributed by atoms with E-state index in [1.165, 1.54) is 0 Å². The van der Waals surface area contributed by atoms with Crippen molar-refractivity contribution in [3.05, 3.63) is 11.7 Å². The van der Waals surface area contributed by atoms with Gasteiger partial charge in [-0.1, -0.05) is 24.9 Å². The van der Waals surface area contributed by atoms with Crippen LogP contribution in [0.4, 0.5) is 0 Å². The number of amides is 1. The number of hydrogen-bond acceptors (Lipinski definition) is 5. The lowest BCUT2D eigenvalue weighted by Crippen LogP contribution is -2.45. The fourth-order valence-corrected chi connectivity index (χ4v) is 2.50. The lowest BCUT2D eigenvalue weighted by Gasteiger charge is -2.28. The van der Waals surface area contributed by atoms with Gasteiger partial charge in [0.25, 0.3) is 0 Å². The minimum absolute atomic E-state index is 0.0637. The summed E-state index contributed by atoms with van der Waals surface area (Å²) >= 11 is 0. The van der Waals surface area contributed by atoms with Gasteiger partial charge in [-0.05, 0) is 19.3 Å². The number of hydrogen-bond donors (Lipinski definition) is 2. The number of nitrogens with zero attached hydrogens (tertiary/aromatic N) is 2. The minimum atomic E-state index is -0.410. The Morgan fingerprint density at radius 3 is 2.95 bits per heavy atom. The highest BCUT2D eigenvalue weighted by atomic mass is 16.5. The third kappa shape index (κ3) is 4.30. The summed E-state index contributed by atoms with van der Waals surface area (Å²) in [5, 5.41) is 16.6. The monoisotopic (exact) mass is 281 g/mol. The summed E-state index contributed by atoms with van der Waals surface area (Å²) in [6.07, 6.45) is 5.85. The SMILES string of the molecule is CCCc1noc(CCC(=O)N[C@@H]2CCCC[C@H]2O)n1. The van der Waals surface area contributed by atoms with Crippen molar-refractivity contribution >= 4 is 5.91 Å². The Morgan fingerprint density at radius 1 is 1.40 bits per heavy atom. The Hall–Kier alpha value is -1.43. The van der Waals surface area contributed by atoms with Crippen LogP contribution < -0.4 is 5.32 Å². The fraction of sp³-hybridized carbons (Fsp3) is 0.786. The second-order valence-electron chi connectivity index (χ2n) is 5.38. The van der Waals surface area contributed by atoms with Crippen LogP contribution in [0.25, 0.3) is 0 Å². The molecule has 0 radical (unpaired) electrons. The third-order valence-electron chi connectivity index (χ3n) is 3.63. The maximum Gasteiger partial charge on any atom is 0.227 e. The van der Waals surface area contributed by atoms with Gasteiger partial charge < -0.3 is 14.9 Å². The van der Waals surface area contributed by atoms with Crippen LogP contribution in [0.3, 0.4) is 0 Å². The molecule has 1 amide bonds.